The molecule has 0 bridgehead atoms. The van der Waals surface area contributed by atoms with E-state index in [4.69, 9.17) is 5.73 Å². The molecule has 0 aliphatic carbocycles. The molecular weight excluding hydrogens is 306 g/mol. The van der Waals surface area contributed by atoms with Gasteiger partial charge >= 0.3 is 0 Å². The molecule has 0 fully saturated rings. The zero-order chi connectivity index (χ0) is 13.8. The summed E-state index contributed by atoms with van der Waals surface area (Å²) in [4.78, 5) is 16.1. The predicted octanol–water partition coefficient (Wildman–Crippen LogP) is 2.66. The number of nitrogens with one attached hydrogen (secondary N) is 1. The molecule has 0 saturated carbocycles. The third-order valence-corrected chi connectivity index (χ3v) is 3.41. The highest BCUT2D eigenvalue weighted by atomic mass is 79.9. The molecule has 0 radical (unpaired) electrons. The van der Waals surface area contributed by atoms with Crippen LogP contribution >= 0.6 is 15.9 Å². The van der Waals surface area contributed by atoms with Crippen molar-refractivity contribution in [1.29, 1.82) is 0 Å². The van der Waals surface area contributed by atoms with E-state index in [1.54, 1.807) is 19.1 Å². The SMILES string of the molecule is Cc1cc(C(=O)NCc2ccccc2Br)cc(N)n1. The molecule has 0 atom stereocenters. The van der Waals surface area contributed by atoms with E-state index in [2.05, 4.69) is 26.2 Å². The first kappa shape index (κ1) is 13.5. The number of hydrogen-bond donors (Lipinski definition) is 2. The molecular formula is C14H14BrN3O. The molecule has 19 heavy (non-hydrogen) atoms. The monoisotopic (exact) mass is 319 g/mol. The van der Waals surface area contributed by atoms with Gasteiger partial charge in [0.1, 0.15) is 5.82 Å². The molecule has 98 valence electrons. The van der Waals surface area contributed by atoms with Gasteiger partial charge in [-0.15, -0.1) is 0 Å². The lowest BCUT2D eigenvalue weighted by Gasteiger charge is -2.08. The van der Waals surface area contributed by atoms with E-state index in [1.807, 2.05) is 24.3 Å². The Labute approximate surface area is 120 Å². The number of nitrogens with two attached hydrogens (primary N) is 1. The fourth-order valence-electron chi connectivity index (χ4n) is 1.74. The van der Waals surface area contributed by atoms with Crippen LogP contribution in [0, 0.1) is 6.92 Å². The largest absolute Gasteiger partial charge is 0.384 e. The first-order chi connectivity index (χ1) is 9.06. The van der Waals surface area contributed by atoms with Crippen LogP contribution in [-0.4, -0.2) is 10.9 Å². The van der Waals surface area contributed by atoms with Crippen molar-refractivity contribution in [2.75, 3.05) is 5.73 Å². The summed E-state index contributed by atoms with van der Waals surface area (Å²) in [6.07, 6.45) is 0. The molecule has 3 N–H and O–H groups in total. The minimum Gasteiger partial charge on any atom is -0.384 e. The van der Waals surface area contributed by atoms with Crippen molar-refractivity contribution >= 4 is 27.7 Å². The highest BCUT2D eigenvalue weighted by Crippen LogP contribution is 2.15. The highest BCUT2D eigenvalue weighted by molar-refractivity contribution is 9.10. The smallest absolute Gasteiger partial charge is 0.251 e. The number of rotatable bonds is 3. The number of anilines is 1. The van der Waals surface area contributed by atoms with Gasteiger partial charge in [-0.1, -0.05) is 34.1 Å². The van der Waals surface area contributed by atoms with Crippen molar-refractivity contribution in [3.05, 3.63) is 57.7 Å². The molecule has 1 amide bonds. The molecule has 1 aromatic carbocycles. The summed E-state index contributed by atoms with van der Waals surface area (Å²) in [5.41, 5.74) is 7.91. The van der Waals surface area contributed by atoms with Gasteiger partial charge in [-0.2, -0.15) is 0 Å². The molecule has 1 aromatic heterocycles. The first-order valence-electron chi connectivity index (χ1n) is 5.82. The van der Waals surface area contributed by atoms with E-state index in [1.165, 1.54) is 0 Å². The van der Waals surface area contributed by atoms with E-state index >= 15 is 0 Å². The van der Waals surface area contributed by atoms with Gasteiger partial charge in [-0.05, 0) is 30.7 Å². The summed E-state index contributed by atoms with van der Waals surface area (Å²) < 4.78 is 0.973. The minimum atomic E-state index is -0.159. The number of nitrogens with zero attached hydrogens (tertiary/aromatic N) is 1. The lowest BCUT2D eigenvalue weighted by atomic mass is 10.2. The lowest BCUT2D eigenvalue weighted by Crippen LogP contribution is -2.23. The van der Waals surface area contributed by atoms with Crippen LogP contribution in [0.15, 0.2) is 40.9 Å². The Bertz CT molecular complexity index is 593. The van der Waals surface area contributed by atoms with Gasteiger partial charge in [-0.3, -0.25) is 4.79 Å². The van der Waals surface area contributed by atoms with Crippen LogP contribution in [0.25, 0.3) is 0 Å². The lowest BCUT2D eigenvalue weighted by molar-refractivity contribution is 0.0950. The van der Waals surface area contributed by atoms with Crippen molar-refractivity contribution in [3.8, 4) is 0 Å². The van der Waals surface area contributed by atoms with Crippen molar-refractivity contribution < 1.29 is 4.79 Å². The maximum atomic E-state index is 12.0. The van der Waals surface area contributed by atoms with E-state index < -0.39 is 0 Å². The second-order valence-corrected chi connectivity index (χ2v) is 5.05. The Morgan fingerprint density at radius 1 is 1.37 bits per heavy atom. The molecule has 2 aromatic rings. The number of aromatic nitrogens is 1. The average molecular weight is 320 g/mol. The third-order valence-electron chi connectivity index (χ3n) is 2.63. The Balaban J connectivity index is 2.08. The van der Waals surface area contributed by atoms with Crippen molar-refractivity contribution in [2.45, 2.75) is 13.5 Å². The van der Waals surface area contributed by atoms with E-state index in [0.29, 0.717) is 17.9 Å². The fourth-order valence-corrected chi connectivity index (χ4v) is 2.17. The van der Waals surface area contributed by atoms with Gasteiger partial charge < -0.3 is 11.1 Å². The molecule has 2 rings (SSSR count). The maximum absolute atomic E-state index is 12.0. The minimum absolute atomic E-state index is 0.159. The molecule has 0 saturated heterocycles. The standard InChI is InChI=1S/C14H14BrN3O/c1-9-6-11(7-13(16)18-9)14(19)17-8-10-4-2-3-5-12(10)15/h2-7H,8H2,1H3,(H2,16,18)(H,17,19). The molecule has 0 spiro atoms. The first-order valence-corrected chi connectivity index (χ1v) is 6.61. The van der Waals surface area contributed by atoms with Crippen LogP contribution in [0.2, 0.25) is 0 Å². The number of halogens is 1. The second-order valence-electron chi connectivity index (χ2n) is 4.20. The van der Waals surface area contributed by atoms with E-state index in [-0.39, 0.29) is 5.91 Å². The summed E-state index contributed by atoms with van der Waals surface area (Å²) in [7, 11) is 0. The van der Waals surface area contributed by atoms with E-state index in [9.17, 15) is 4.79 Å². The van der Waals surface area contributed by atoms with Crippen molar-refractivity contribution in [3.63, 3.8) is 0 Å². The molecule has 1 heterocycles. The number of pyridine rings is 1. The predicted molar refractivity (Wildman–Crippen MR) is 78.7 cm³/mol. The second kappa shape index (κ2) is 5.84. The summed E-state index contributed by atoms with van der Waals surface area (Å²) >= 11 is 3.44. The zero-order valence-corrected chi connectivity index (χ0v) is 12.1. The summed E-state index contributed by atoms with van der Waals surface area (Å²) in [5, 5.41) is 2.86. The molecule has 4 nitrogen and oxygen atoms in total. The van der Waals surface area contributed by atoms with Gasteiger partial charge in [0.05, 0.1) is 0 Å². The number of hydrogen-bond acceptors (Lipinski definition) is 3. The van der Waals surface area contributed by atoms with Crippen LogP contribution in [0.5, 0.6) is 0 Å². The van der Waals surface area contributed by atoms with E-state index in [0.717, 1.165) is 15.7 Å². The van der Waals surface area contributed by atoms with Crippen LogP contribution in [-0.2, 0) is 6.54 Å². The Hall–Kier alpha value is -1.88. The third kappa shape index (κ3) is 3.54. The number of carbonyl (C=O) groups excluding carboxylic acids is 1. The molecule has 0 aliphatic rings. The van der Waals surface area contributed by atoms with Gasteiger partial charge in [0.2, 0.25) is 0 Å². The van der Waals surface area contributed by atoms with Gasteiger partial charge in [0, 0.05) is 22.3 Å². The number of amides is 1. The zero-order valence-electron chi connectivity index (χ0n) is 10.5. The van der Waals surface area contributed by atoms with Gasteiger partial charge in [0.25, 0.3) is 5.91 Å². The number of aryl methyl sites for hydroxylation is 1. The quantitative estimate of drug-likeness (QED) is 0.913. The number of benzene rings is 1. The van der Waals surface area contributed by atoms with Gasteiger partial charge in [0.15, 0.2) is 0 Å². The highest BCUT2D eigenvalue weighted by Gasteiger charge is 2.08. The maximum Gasteiger partial charge on any atom is 0.251 e. The van der Waals surface area contributed by atoms with Crippen LogP contribution in [0.3, 0.4) is 0 Å². The Morgan fingerprint density at radius 2 is 2.11 bits per heavy atom. The summed E-state index contributed by atoms with van der Waals surface area (Å²) in [6.45, 7) is 2.27. The van der Waals surface area contributed by atoms with Crippen LogP contribution in [0.1, 0.15) is 21.6 Å². The number of carbonyl (C=O) groups is 1. The summed E-state index contributed by atoms with van der Waals surface area (Å²) in [6, 6.07) is 11.0. The fraction of sp³-hybridized carbons (Fsp3) is 0.143. The Kier molecular flexibility index (Phi) is 4.16. The summed E-state index contributed by atoms with van der Waals surface area (Å²) in [5.74, 6) is 0.194. The van der Waals surface area contributed by atoms with Crippen LogP contribution in [0.4, 0.5) is 5.82 Å². The van der Waals surface area contributed by atoms with Crippen molar-refractivity contribution in [1.82, 2.24) is 10.3 Å². The average Bonchev–Trinajstić information content (AvgIpc) is 2.36. The number of nitrogen functional groups attached to an aromatic ring is 1. The Morgan fingerprint density at radius 3 is 2.79 bits per heavy atom. The molecule has 0 unspecified atom stereocenters. The molecule has 0 aliphatic heterocycles. The van der Waals surface area contributed by atoms with Crippen LogP contribution < -0.4 is 11.1 Å². The molecule has 5 heteroatoms. The topological polar surface area (TPSA) is 68.0 Å². The van der Waals surface area contributed by atoms with Gasteiger partial charge in [-0.25, -0.2) is 4.98 Å². The normalized spacial score (nSPS) is 10.2. The van der Waals surface area contributed by atoms with Crippen molar-refractivity contribution in [2.24, 2.45) is 0 Å².